The van der Waals surface area contributed by atoms with E-state index in [9.17, 15) is 4.79 Å². The Hall–Kier alpha value is -3.15. The summed E-state index contributed by atoms with van der Waals surface area (Å²) in [6.45, 7) is 8.12. The number of hydrogen-bond acceptors (Lipinski definition) is 4. The van der Waals surface area contributed by atoms with Crippen LogP contribution in [0.2, 0.25) is 0 Å². The molecule has 134 valence electrons. The summed E-state index contributed by atoms with van der Waals surface area (Å²) in [6.07, 6.45) is 1.16. The SMILES string of the molecule is Cc1ncccc1-n1nc(C(C)(C)C)cc1NC(=O)Oc1ccccc1. The summed E-state index contributed by atoms with van der Waals surface area (Å²) in [7, 11) is 0. The summed E-state index contributed by atoms with van der Waals surface area (Å²) in [5.41, 5.74) is 2.31. The minimum Gasteiger partial charge on any atom is -0.410 e. The van der Waals surface area contributed by atoms with Crippen molar-refractivity contribution in [2.24, 2.45) is 0 Å². The van der Waals surface area contributed by atoms with Gasteiger partial charge in [-0.3, -0.25) is 10.3 Å². The number of hydrogen-bond donors (Lipinski definition) is 1. The first-order chi connectivity index (χ1) is 12.3. The highest BCUT2D eigenvalue weighted by atomic mass is 16.6. The Bertz CT molecular complexity index is 911. The number of aromatic nitrogens is 3. The summed E-state index contributed by atoms with van der Waals surface area (Å²) in [5, 5.41) is 7.47. The third-order valence-electron chi connectivity index (χ3n) is 3.87. The van der Waals surface area contributed by atoms with Gasteiger partial charge in [0.25, 0.3) is 0 Å². The maximum atomic E-state index is 12.3. The van der Waals surface area contributed by atoms with Gasteiger partial charge in [-0.05, 0) is 31.2 Å². The molecule has 6 nitrogen and oxygen atoms in total. The van der Waals surface area contributed by atoms with Gasteiger partial charge in [-0.25, -0.2) is 9.48 Å². The van der Waals surface area contributed by atoms with Gasteiger partial charge in [-0.1, -0.05) is 39.0 Å². The molecule has 1 aromatic carbocycles. The van der Waals surface area contributed by atoms with Crippen LogP contribution in [0, 0.1) is 6.92 Å². The lowest BCUT2D eigenvalue weighted by Crippen LogP contribution is -2.19. The quantitative estimate of drug-likeness (QED) is 0.756. The van der Waals surface area contributed by atoms with E-state index in [1.165, 1.54) is 0 Å². The molecule has 0 atom stereocenters. The predicted octanol–water partition coefficient (Wildman–Crippen LogP) is 4.48. The lowest BCUT2D eigenvalue weighted by atomic mass is 9.92. The van der Waals surface area contributed by atoms with Crippen molar-refractivity contribution >= 4 is 11.9 Å². The second-order valence-electron chi connectivity index (χ2n) is 7.01. The maximum absolute atomic E-state index is 12.3. The Kier molecular flexibility index (Phi) is 4.75. The Morgan fingerprint density at radius 3 is 2.50 bits per heavy atom. The normalized spacial score (nSPS) is 11.2. The number of nitrogens with one attached hydrogen (secondary N) is 1. The molecule has 3 aromatic rings. The molecule has 26 heavy (non-hydrogen) atoms. The minimum atomic E-state index is -0.570. The number of nitrogens with zero attached hydrogens (tertiary/aromatic N) is 3. The molecule has 0 saturated carbocycles. The summed E-state index contributed by atoms with van der Waals surface area (Å²) in [4.78, 5) is 16.6. The van der Waals surface area contributed by atoms with Crippen molar-refractivity contribution in [2.45, 2.75) is 33.1 Å². The van der Waals surface area contributed by atoms with Crippen LogP contribution in [0.25, 0.3) is 5.69 Å². The number of rotatable bonds is 3. The molecule has 0 fully saturated rings. The maximum Gasteiger partial charge on any atom is 0.418 e. The van der Waals surface area contributed by atoms with Crippen LogP contribution in [0.15, 0.2) is 54.7 Å². The van der Waals surface area contributed by atoms with Gasteiger partial charge in [0.1, 0.15) is 11.6 Å². The molecule has 0 aliphatic carbocycles. The molecular formula is C20H22N4O2. The number of carbonyl (C=O) groups excluding carboxylic acids is 1. The zero-order valence-corrected chi connectivity index (χ0v) is 15.4. The van der Waals surface area contributed by atoms with E-state index < -0.39 is 6.09 Å². The predicted molar refractivity (Wildman–Crippen MR) is 101 cm³/mol. The molecule has 0 radical (unpaired) electrons. The molecule has 1 amide bonds. The Morgan fingerprint density at radius 2 is 1.85 bits per heavy atom. The van der Waals surface area contributed by atoms with Crippen LogP contribution in [0.5, 0.6) is 5.75 Å². The van der Waals surface area contributed by atoms with Crippen LogP contribution in [0.1, 0.15) is 32.2 Å². The number of carbonyl (C=O) groups is 1. The molecule has 0 saturated heterocycles. The van der Waals surface area contributed by atoms with Gasteiger partial charge in [0, 0.05) is 17.7 Å². The van der Waals surface area contributed by atoms with Gasteiger partial charge in [-0.15, -0.1) is 0 Å². The highest BCUT2D eigenvalue weighted by molar-refractivity contribution is 5.85. The highest BCUT2D eigenvalue weighted by Gasteiger charge is 2.22. The largest absolute Gasteiger partial charge is 0.418 e. The molecule has 0 unspecified atom stereocenters. The van der Waals surface area contributed by atoms with Gasteiger partial charge >= 0.3 is 6.09 Å². The number of para-hydroxylation sites is 1. The number of amides is 1. The molecule has 0 aliphatic rings. The fourth-order valence-electron chi connectivity index (χ4n) is 2.45. The Balaban J connectivity index is 1.94. The number of pyridine rings is 1. The summed E-state index contributed by atoms with van der Waals surface area (Å²) >= 11 is 0. The van der Waals surface area contributed by atoms with Crippen LogP contribution in [0.4, 0.5) is 10.6 Å². The molecular weight excluding hydrogens is 328 g/mol. The molecule has 2 aromatic heterocycles. The summed E-state index contributed by atoms with van der Waals surface area (Å²) in [5.74, 6) is 1.01. The molecule has 0 aliphatic heterocycles. The number of ether oxygens (including phenoxy) is 1. The van der Waals surface area contributed by atoms with E-state index >= 15 is 0 Å². The van der Waals surface area contributed by atoms with E-state index in [4.69, 9.17) is 4.74 Å². The first-order valence-corrected chi connectivity index (χ1v) is 8.41. The van der Waals surface area contributed by atoms with Crippen molar-refractivity contribution in [1.29, 1.82) is 0 Å². The second-order valence-corrected chi connectivity index (χ2v) is 7.01. The average Bonchev–Trinajstić information content (AvgIpc) is 3.00. The zero-order chi connectivity index (χ0) is 18.7. The molecule has 0 spiro atoms. The van der Waals surface area contributed by atoms with E-state index in [0.29, 0.717) is 11.6 Å². The van der Waals surface area contributed by atoms with E-state index in [0.717, 1.165) is 17.1 Å². The van der Waals surface area contributed by atoms with Crippen LogP contribution >= 0.6 is 0 Å². The molecule has 2 heterocycles. The van der Waals surface area contributed by atoms with Crippen molar-refractivity contribution in [3.8, 4) is 11.4 Å². The zero-order valence-electron chi connectivity index (χ0n) is 15.4. The van der Waals surface area contributed by atoms with Crippen molar-refractivity contribution < 1.29 is 9.53 Å². The number of benzene rings is 1. The van der Waals surface area contributed by atoms with Gasteiger partial charge in [0.2, 0.25) is 0 Å². The number of anilines is 1. The average molecular weight is 350 g/mol. The van der Waals surface area contributed by atoms with Crippen molar-refractivity contribution in [1.82, 2.24) is 14.8 Å². The van der Waals surface area contributed by atoms with Gasteiger partial charge in [0.05, 0.1) is 17.1 Å². The van der Waals surface area contributed by atoms with E-state index in [1.807, 2.05) is 43.3 Å². The molecule has 3 rings (SSSR count). The molecule has 6 heteroatoms. The van der Waals surface area contributed by atoms with Crippen LogP contribution < -0.4 is 10.1 Å². The van der Waals surface area contributed by atoms with Crippen molar-refractivity contribution in [3.05, 3.63) is 66.1 Å². The monoisotopic (exact) mass is 350 g/mol. The lowest BCUT2D eigenvalue weighted by Gasteiger charge is -2.14. The first-order valence-electron chi connectivity index (χ1n) is 8.41. The summed E-state index contributed by atoms with van der Waals surface area (Å²) in [6, 6.07) is 14.5. The van der Waals surface area contributed by atoms with Crippen molar-refractivity contribution in [3.63, 3.8) is 0 Å². The third kappa shape index (κ3) is 3.91. The fourth-order valence-corrected chi connectivity index (χ4v) is 2.45. The lowest BCUT2D eigenvalue weighted by molar-refractivity contribution is 0.215. The van der Waals surface area contributed by atoms with E-state index in [2.05, 4.69) is 36.2 Å². The third-order valence-corrected chi connectivity index (χ3v) is 3.87. The van der Waals surface area contributed by atoms with Crippen LogP contribution in [-0.4, -0.2) is 20.9 Å². The van der Waals surface area contributed by atoms with E-state index in [1.54, 1.807) is 23.0 Å². The molecule has 1 N–H and O–H groups in total. The standard InChI is InChI=1S/C20H22N4O2/c1-14-16(11-8-12-21-14)24-18(13-17(23-24)20(2,3)4)22-19(25)26-15-9-6-5-7-10-15/h5-13H,1-4H3,(H,22,25). The Labute approximate surface area is 152 Å². The minimum absolute atomic E-state index is 0.166. The van der Waals surface area contributed by atoms with Gasteiger partial charge in [-0.2, -0.15) is 5.10 Å². The van der Waals surface area contributed by atoms with Gasteiger partial charge < -0.3 is 4.74 Å². The van der Waals surface area contributed by atoms with Crippen LogP contribution in [0.3, 0.4) is 0 Å². The topological polar surface area (TPSA) is 69.0 Å². The second kappa shape index (κ2) is 7.00. The molecule has 0 bridgehead atoms. The fraction of sp³-hybridized carbons (Fsp3) is 0.250. The Morgan fingerprint density at radius 1 is 1.12 bits per heavy atom. The van der Waals surface area contributed by atoms with Crippen LogP contribution in [-0.2, 0) is 5.41 Å². The summed E-state index contributed by atoms with van der Waals surface area (Å²) < 4.78 is 7.02. The first kappa shape index (κ1) is 17.7. The van der Waals surface area contributed by atoms with Gasteiger partial charge in [0.15, 0.2) is 0 Å². The van der Waals surface area contributed by atoms with E-state index in [-0.39, 0.29) is 5.41 Å². The number of aryl methyl sites for hydroxylation is 1. The highest BCUT2D eigenvalue weighted by Crippen LogP contribution is 2.27. The smallest absolute Gasteiger partial charge is 0.410 e. The van der Waals surface area contributed by atoms with Crippen molar-refractivity contribution in [2.75, 3.05) is 5.32 Å².